The first-order valence-corrected chi connectivity index (χ1v) is 7.96. The van der Waals surface area contributed by atoms with Crippen LogP contribution in [-0.4, -0.2) is 35.1 Å². The number of rotatable bonds is 6. The van der Waals surface area contributed by atoms with Crippen molar-refractivity contribution in [2.24, 2.45) is 5.92 Å². The molecule has 0 aromatic carbocycles. The molecule has 1 unspecified atom stereocenters. The fourth-order valence-corrected chi connectivity index (χ4v) is 3.49. The minimum Gasteiger partial charge on any atom is -0.312 e. The molecule has 0 aromatic heterocycles. The van der Waals surface area contributed by atoms with E-state index >= 15 is 0 Å². The van der Waals surface area contributed by atoms with Crippen molar-refractivity contribution in [1.82, 2.24) is 4.67 Å². The molecule has 1 rings (SSSR count). The molecule has 0 bridgehead atoms. The normalized spacial score (nSPS) is 22.1. The SMILES string of the molecule is CN(CCBr)P(=O)(O)OCC1CCCC1. The number of hydrogen-bond acceptors (Lipinski definition) is 2. The van der Waals surface area contributed by atoms with Crippen LogP contribution in [0.4, 0.5) is 0 Å². The summed E-state index contributed by atoms with van der Waals surface area (Å²) in [5.74, 6) is 0.475. The van der Waals surface area contributed by atoms with Crippen molar-refractivity contribution in [2.45, 2.75) is 25.7 Å². The van der Waals surface area contributed by atoms with E-state index in [0.29, 0.717) is 24.4 Å². The van der Waals surface area contributed by atoms with E-state index in [1.165, 1.54) is 17.5 Å². The average Bonchev–Trinajstić information content (AvgIpc) is 2.68. The van der Waals surface area contributed by atoms with Crippen LogP contribution in [0.2, 0.25) is 0 Å². The van der Waals surface area contributed by atoms with Gasteiger partial charge in [-0.25, -0.2) is 9.24 Å². The number of hydrogen-bond donors (Lipinski definition) is 1. The molecule has 6 heteroatoms. The van der Waals surface area contributed by atoms with Crippen molar-refractivity contribution >= 4 is 23.7 Å². The molecule has 0 amide bonds. The first kappa shape index (κ1) is 13.7. The minimum absolute atomic E-state index is 0.417. The lowest BCUT2D eigenvalue weighted by atomic mass is 10.1. The Balaban J connectivity index is 2.31. The maximum absolute atomic E-state index is 11.7. The average molecular weight is 300 g/mol. The quantitative estimate of drug-likeness (QED) is 0.605. The lowest BCUT2D eigenvalue weighted by Crippen LogP contribution is -2.20. The second-order valence-corrected chi connectivity index (χ2v) is 6.72. The fraction of sp³-hybridized carbons (Fsp3) is 1.00. The van der Waals surface area contributed by atoms with Crippen molar-refractivity contribution in [3.05, 3.63) is 0 Å². The van der Waals surface area contributed by atoms with Gasteiger partial charge in [0.05, 0.1) is 6.61 Å². The maximum atomic E-state index is 11.7. The topological polar surface area (TPSA) is 49.8 Å². The van der Waals surface area contributed by atoms with Crippen molar-refractivity contribution in [2.75, 3.05) is 25.5 Å². The molecule has 0 heterocycles. The van der Waals surface area contributed by atoms with E-state index < -0.39 is 7.75 Å². The van der Waals surface area contributed by atoms with Gasteiger partial charge in [-0.15, -0.1) is 0 Å². The molecule has 1 fully saturated rings. The monoisotopic (exact) mass is 299 g/mol. The third-order valence-corrected chi connectivity index (χ3v) is 4.70. The highest BCUT2D eigenvalue weighted by Crippen LogP contribution is 2.46. The standard InChI is InChI=1S/C9H19BrNO3P/c1-11(7-6-10)15(12,13)14-8-9-4-2-3-5-9/h9H,2-8H2,1H3,(H,12,13). The second kappa shape index (κ2) is 6.36. The van der Waals surface area contributed by atoms with E-state index in [9.17, 15) is 9.46 Å². The summed E-state index contributed by atoms with van der Waals surface area (Å²) >= 11 is 3.23. The Kier molecular flexibility index (Phi) is 5.79. The van der Waals surface area contributed by atoms with Gasteiger partial charge in [0.15, 0.2) is 0 Å². The highest BCUT2D eigenvalue weighted by atomic mass is 79.9. The van der Waals surface area contributed by atoms with Crippen LogP contribution >= 0.6 is 23.7 Å². The molecule has 0 spiro atoms. The van der Waals surface area contributed by atoms with Crippen LogP contribution in [-0.2, 0) is 9.09 Å². The molecule has 0 radical (unpaired) electrons. The summed E-state index contributed by atoms with van der Waals surface area (Å²) in [6.45, 7) is 0.929. The molecule has 15 heavy (non-hydrogen) atoms. The highest BCUT2D eigenvalue weighted by molar-refractivity contribution is 9.09. The highest BCUT2D eigenvalue weighted by Gasteiger charge is 2.27. The molecular weight excluding hydrogens is 281 g/mol. The molecule has 1 aliphatic rings. The Morgan fingerprint density at radius 2 is 2.13 bits per heavy atom. The number of nitrogens with zero attached hydrogens (tertiary/aromatic N) is 1. The first-order valence-electron chi connectivity index (χ1n) is 5.31. The molecule has 0 aromatic rings. The third-order valence-electron chi connectivity index (χ3n) is 2.79. The van der Waals surface area contributed by atoms with Gasteiger partial charge in [0, 0.05) is 11.9 Å². The lowest BCUT2D eigenvalue weighted by Gasteiger charge is -2.22. The summed E-state index contributed by atoms with van der Waals surface area (Å²) in [6, 6.07) is 0. The van der Waals surface area contributed by atoms with Crippen LogP contribution in [0, 0.1) is 5.92 Å². The Morgan fingerprint density at radius 1 is 1.53 bits per heavy atom. The molecule has 1 N–H and O–H groups in total. The van der Waals surface area contributed by atoms with Crippen molar-refractivity contribution < 1.29 is 14.0 Å². The fourth-order valence-electron chi connectivity index (χ4n) is 1.73. The summed E-state index contributed by atoms with van der Waals surface area (Å²) in [7, 11) is -1.94. The van der Waals surface area contributed by atoms with Crippen LogP contribution in [0.25, 0.3) is 0 Å². The van der Waals surface area contributed by atoms with Crippen LogP contribution in [0.3, 0.4) is 0 Å². The van der Waals surface area contributed by atoms with E-state index in [-0.39, 0.29) is 0 Å². The predicted octanol–water partition coefficient (Wildman–Crippen LogP) is 2.62. The zero-order valence-electron chi connectivity index (χ0n) is 9.06. The Morgan fingerprint density at radius 3 is 2.67 bits per heavy atom. The van der Waals surface area contributed by atoms with Gasteiger partial charge in [-0.2, -0.15) is 0 Å². The molecule has 90 valence electrons. The van der Waals surface area contributed by atoms with E-state index in [4.69, 9.17) is 4.52 Å². The molecule has 1 aliphatic carbocycles. The van der Waals surface area contributed by atoms with Gasteiger partial charge in [-0.1, -0.05) is 28.8 Å². The van der Waals surface area contributed by atoms with Gasteiger partial charge in [-0.05, 0) is 25.8 Å². The van der Waals surface area contributed by atoms with Gasteiger partial charge in [0.1, 0.15) is 0 Å². The van der Waals surface area contributed by atoms with Gasteiger partial charge >= 0.3 is 7.75 Å². The Bertz CT molecular complexity index is 233. The minimum atomic E-state index is -3.55. The Hall–Kier alpha value is 0.590. The van der Waals surface area contributed by atoms with Gasteiger partial charge in [-0.3, -0.25) is 4.52 Å². The molecule has 0 aliphatic heterocycles. The number of halogens is 1. The van der Waals surface area contributed by atoms with Gasteiger partial charge < -0.3 is 4.89 Å². The molecule has 0 saturated heterocycles. The smallest absolute Gasteiger partial charge is 0.312 e. The zero-order chi connectivity index (χ0) is 11.3. The maximum Gasteiger partial charge on any atom is 0.405 e. The molecular formula is C9H19BrNO3P. The van der Waals surface area contributed by atoms with Crippen molar-refractivity contribution in [3.8, 4) is 0 Å². The largest absolute Gasteiger partial charge is 0.405 e. The lowest BCUT2D eigenvalue weighted by molar-refractivity contribution is 0.184. The van der Waals surface area contributed by atoms with Crippen LogP contribution in [0.1, 0.15) is 25.7 Å². The summed E-state index contributed by atoms with van der Waals surface area (Å²) < 4.78 is 18.2. The van der Waals surface area contributed by atoms with E-state index in [1.54, 1.807) is 7.05 Å². The number of alkyl halides is 1. The molecule has 1 atom stereocenters. The van der Waals surface area contributed by atoms with Crippen molar-refractivity contribution in [3.63, 3.8) is 0 Å². The molecule has 1 saturated carbocycles. The third kappa shape index (κ3) is 4.53. The summed E-state index contributed by atoms with van der Waals surface area (Å²) in [5, 5.41) is 0.667. The molecule has 4 nitrogen and oxygen atoms in total. The zero-order valence-corrected chi connectivity index (χ0v) is 11.5. The first-order chi connectivity index (χ1) is 7.06. The Labute approximate surface area is 99.7 Å². The van der Waals surface area contributed by atoms with E-state index in [0.717, 1.165) is 12.8 Å². The van der Waals surface area contributed by atoms with E-state index in [1.807, 2.05) is 0 Å². The summed E-state index contributed by atoms with van der Waals surface area (Å²) in [4.78, 5) is 9.61. The second-order valence-electron chi connectivity index (χ2n) is 4.01. The van der Waals surface area contributed by atoms with Gasteiger partial charge in [0.25, 0.3) is 0 Å². The van der Waals surface area contributed by atoms with Crippen LogP contribution in [0.5, 0.6) is 0 Å². The predicted molar refractivity (Wildman–Crippen MR) is 64.2 cm³/mol. The summed E-state index contributed by atoms with van der Waals surface area (Å²) in [5.41, 5.74) is 0. The van der Waals surface area contributed by atoms with E-state index in [2.05, 4.69) is 15.9 Å². The van der Waals surface area contributed by atoms with Gasteiger partial charge in [0.2, 0.25) is 0 Å². The van der Waals surface area contributed by atoms with Crippen LogP contribution in [0.15, 0.2) is 0 Å². The van der Waals surface area contributed by atoms with Crippen molar-refractivity contribution in [1.29, 1.82) is 0 Å². The summed E-state index contributed by atoms with van der Waals surface area (Å²) in [6.07, 6.45) is 4.70. The van der Waals surface area contributed by atoms with Crippen LogP contribution < -0.4 is 0 Å².